The Kier molecular flexibility index (Phi) is 3.89. The van der Waals surface area contributed by atoms with Gasteiger partial charge >= 0.3 is 0 Å². The summed E-state index contributed by atoms with van der Waals surface area (Å²) >= 11 is 5.94. The third-order valence-electron chi connectivity index (χ3n) is 2.67. The van der Waals surface area contributed by atoms with E-state index in [1.165, 1.54) is 0 Å². The number of ketones is 1. The topological polar surface area (TPSA) is 35.5 Å². The number of hydrogen-bond acceptors (Lipinski definition) is 3. The minimum atomic E-state index is -0.472. The first-order valence-electron chi connectivity index (χ1n) is 5.80. The number of carbonyl (C=O) groups is 1. The van der Waals surface area contributed by atoms with E-state index in [1.54, 1.807) is 18.2 Å². The number of alkyl halides is 1. The average molecular weight is 255 g/mol. The highest BCUT2D eigenvalue weighted by Crippen LogP contribution is 2.31. The zero-order valence-corrected chi connectivity index (χ0v) is 10.5. The molecule has 1 atom stereocenters. The summed E-state index contributed by atoms with van der Waals surface area (Å²) in [5.74, 6) is 1.26. The van der Waals surface area contributed by atoms with Crippen LogP contribution in [-0.2, 0) is 0 Å². The summed E-state index contributed by atoms with van der Waals surface area (Å²) in [6.45, 7) is 3.15. The predicted octanol–water partition coefficient (Wildman–Crippen LogP) is 3.05. The number of hydrogen-bond donors (Lipinski definition) is 0. The molecule has 0 aromatic heterocycles. The van der Waals surface area contributed by atoms with Crippen LogP contribution in [0.1, 0.15) is 30.1 Å². The van der Waals surface area contributed by atoms with Crippen LogP contribution in [0.15, 0.2) is 18.2 Å². The zero-order chi connectivity index (χ0) is 12.3. The maximum Gasteiger partial charge on any atom is 0.180 e. The van der Waals surface area contributed by atoms with E-state index >= 15 is 0 Å². The Morgan fingerprint density at radius 3 is 2.76 bits per heavy atom. The molecule has 0 radical (unpaired) electrons. The van der Waals surface area contributed by atoms with Crippen LogP contribution >= 0.6 is 11.6 Å². The van der Waals surface area contributed by atoms with Crippen molar-refractivity contribution in [1.29, 1.82) is 0 Å². The summed E-state index contributed by atoms with van der Waals surface area (Å²) < 4.78 is 11.0. The molecular weight excluding hydrogens is 240 g/mol. The summed E-state index contributed by atoms with van der Waals surface area (Å²) in [6.07, 6.45) is 1.47. The highest BCUT2D eigenvalue weighted by molar-refractivity contribution is 6.33. The first-order valence-corrected chi connectivity index (χ1v) is 6.24. The van der Waals surface area contributed by atoms with Gasteiger partial charge in [-0.3, -0.25) is 4.79 Å². The second kappa shape index (κ2) is 5.41. The van der Waals surface area contributed by atoms with Gasteiger partial charge in [-0.25, -0.2) is 0 Å². The smallest absolute Gasteiger partial charge is 0.180 e. The minimum absolute atomic E-state index is 0.0650. The molecule has 0 amide bonds. The molecule has 0 fully saturated rings. The van der Waals surface area contributed by atoms with Crippen molar-refractivity contribution in [1.82, 2.24) is 0 Å². The highest BCUT2D eigenvalue weighted by atomic mass is 35.5. The van der Waals surface area contributed by atoms with Gasteiger partial charge in [-0.2, -0.15) is 0 Å². The summed E-state index contributed by atoms with van der Waals surface area (Å²) in [7, 11) is 0. The molecule has 4 heteroatoms. The highest BCUT2D eigenvalue weighted by Gasteiger charge is 2.18. The van der Waals surface area contributed by atoms with E-state index < -0.39 is 5.38 Å². The second-order valence-electron chi connectivity index (χ2n) is 3.95. The van der Waals surface area contributed by atoms with Crippen molar-refractivity contribution in [3.05, 3.63) is 23.8 Å². The van der Waals surface area contributed by atoms with E-state index in [1.807, 2.05) is 6.92 Å². The van der Waals surface area contributed by atoms with E-state index in [-0.39, 0.29) is 5.78 Å². The van der Waals surface area contributed by atoms with Gasteiger partial charge < -0.3 is 9.47 Å². The van der Waals surface area contributed by atoms with Crippen LogP contribution in [0.5, 0.6) is 11.5 Å². The zero-order valence-electron chi connectivity index (χ0n) is 9.74. The van der Waals surface area contributed by atoms with Crippen molar-refractivity contribution >= 4 is 17.4 Å². The Morgan fingerprint density at radius 1 is 1.35 bits per heavy atom. The molecule has 0 saturated carbocycles. The number of benzene rings is 1. The van der Waals surface area contributed by atoms with Crippen LogP contribution in [0.2, 0.25) is 0 Å². The van der Waals surface area contributed by atoms with Crippen LogP contribution in [-0.4, -0.2) is 24.4 Å². The molecular formula is C13H15ClO3. The summed E-state index contributed by atoms with van der Waals surface area (Å²) in [5, 5.41) is -0.472. The fourth-order valence-corrected chi connectivity index (χ4v) is 1.81. The molecule has 2 rings (SSSR count). The van der Waals surface area contributed by atoms with E-state index in [0.29, 0.717) is 36.7 Å². The van der Waals surface area contributed by atoms with E-state index in [0.717, 1.165) is 6.42 Å². The van der Waals surface area contributed by atoms with Gasteiger partial charge in [-0.05, 0) is 24.6 Å². The minimum Gasteiger partial charge on any atom is -0.490 e. The Labute approximate surface area is 106 Å². The molecule has 0 N–H and O–H groups in total. The Hall–Kier alpha value is -1.22. The average Bonchev–Trinajstić information content (AvgIpc) is 2.61. The molecule has 17 heavy (non-hydrogen) atoms. The van der Waals surface area contributed by atoms with Crippen molar-refractivity contribution in [2.75, 3.05) is 13.2 Å². The maximum atomic E-state index is 11.9. The van der Waals surface area contributed by atoms with Gasteiger partial charge in [0.05, 0.1) is 18.6 Å². The summed E-state index contributed by atoms with van der Waals surface area (Å²) in [4.78, 5) is 11.9. The third kappa shape index (κ3) is 2.72. The molecule has 1 aliphatic rings. The van der Waals surface area contributed by atoms with Gasteiger partial charge in [-0.1, -0.05) is 6.92 Å². The normalized spacial score (nSPS) is 16.1. The van der Waals surface area contributed by atoms with Crippen LogP contribution in [0.3, 0.4) is 0 Å². The Morgan fingerprint density at radius 2 is 2.06 bits per heavy atom. The van der Waals surface area contributed by atoms with E-state index in [9.17, 15) is 4.79 Å². The Balaban J connectivity index is 2.26. The van der Waals surface area contributed by atoms with Crippen LogP contribution in [0.25, 0.3) is 0 Å². The van der Waals surface area contributed by atoms with E-state index in [2.05, 4.69) is 0 Å². The van der Waals surface area contributed by atoms with Gasteiger partial charge in [-0.15, -0.1) is 11.6 Å². The molecule has 1 aliphatic heterocycles. The molecule has 1 aromatic carbocycles. The first-order chi connectivity index (χ1) is 8.22. The molecule has 0 bridgehead atoms. The van der Waals surface area contributed by atoms with Gasteiger partial charge in [0, 0.05) is 12.0 Å². The quantitative estimate of drug-likeness (QED) is 0.614. The number of Topliss-reactive ketones (excluding diaryl/α,β-unsaturated/α-hetero) is 1. The number of rotatable bonds is 3. The molecule has 0 aliphatic carbocycles. The largest absolute Gasteiger partial charge is 0.490 e. The van der Waals surface area contributed by atoms with Gasteiger partial charge in [0.1, 0.15) is 0 Å². The lowest BCUT2D eigenvalue weighted by Crippen LogP contribution is -2.13. The van der Waals surface area contributed by atoms with Crippen LogP contribution < -0.4 is 9.47 Å². The SMILES string of the molecule is CCC(Cl)C(=O)c1ccc2c(c1)OCCCO2. The molecule has 1 unspecified atom stereocenters. The predicted molar refractivity (Wildman–Crippen MR) is 66.3 cm³/mol. The molecule has 1 heterocycles. The number of halogens is 1. The summed E-state index contributed by atoms with van der Waals surface area (Å²) in [6, 6.07) is 5.22. The number of fused-ring (bicyclic) bond motifs is 1. The standard InChI is InChI=1S/C13H15ClO3/c1-2-10(14)13(15)9-4-5-11-12(8-9)17-7-3-6-16-11/h4-5,8,10H,2-3,6-7H2,1H3. The molecule has 0 spiro atoms. The van der Waals surface area contributed by atoms with Crippen molar-refractivity contribution in [3.8, 4) is 11.5 Å². The number of ether oxygens (including phenoxy) is 2. The fourth-order valence-electron chi connectivity index (χ4n) is 1.68. The van der Waals surface area contributed by atoms with Crippen LogP contribution in [0, 0.1) is 0 Å². The van der Waals surface area contributed by atoms with Gasteiger partial charge in [0.2, 0.25) is 0 Å². The van der Waals surface area contributed by atoms with Gasteiger partial charge in [0.25, 0.3) is 0 Å². The van der Waals surface area contributed by atoms with Gasteiger partial charge in [0.15, 0.2) is 17.3 Å². The maximum absolute atomic E-state index is 11.9. The molecule has 92 valence electrons. The van der Waals surface area contributed by atoms with Crippen molar-refractivity contribution in [2.45, 2.75) is 25.1 Å². The molecule has 3 nitrogen and oxygen atoms in total. The lowest BCUT2D eigenvalue weighted by atomic mass is 10.1. The number of carbonyl (C=O) groups excluding carboxylic acids is 1. The first kappa shape index (κ1) is 12.2. The van der Waals surface area contributed by atoms with Crippen molar-refractivity contribution in [2.24, 2.45) is 0 Å². The Bertz CT molecular complexity index is 417. The summed E-state index contributed by atoms with van der Waals surface area (Å²) in [5.41, 5.74) is 0.580. The van der Waals surface area contributed by atoms with Crippen molar-refractivity contribution in [3.63, 3.8) is 0 Å². The monoisotopic (exact) mass is 254 g/mol. The molecule has 0 saturated heterocycles. The lowest BCUT2D eigenvalue weighted by Gasteiger charge is -2.10. The third-order valence-corrected chi connectivity index (χ3v) is 3.18. The second-order valence-corrected chi connectivity index (χ2v) is 4.48. The van der Waals surface area contributed by atoms with Crippen LogP contribution in [0.4, 0.5) is 0 Å². The van der Waals surface area contributed by atoms with Crippen molar-refractivity contribution < 1.29 is 14.3 Å². The fraction of sp³-hybridized carbons (Fsp3) is 0.462. The lowest BCUT2D eigenvalue weighted by molar-refractivity contribution is 0.0985. The van der Waals surface area contributed by atoms with E-state index in [4.69, 9.17) is 21.1 Å². The molecule has 1 aromatic rings.